The van der Waals surface area contributed by atoms with Gasteiger partial charge in [-0.15, -0.1) is 0 Å². The number of hydrogen-bond donors (Lipinski definition) is 0. The molecule has 0 bridgehead atoms. The van der Waals surface area contributed by atoms with Gasteiger partial charge in [-0.3, -0.25) is 9.59 Å². The first-order chi connectivity index (χ1) is 16.6. The fourth-order valence-electron chi connectivity index (χ4n) is 4.48. The second-order valence-electron chi connectivity index (χ2n) is 8.28. The summed E-state index contributed by atoms with van der Waals surface area (Å²) >= 11 is 0. The highest BCUT2D eigenvalue weighted by atomic mass is 16.5. The van der Waals surface area contributed by atoms with E-state index < -0.39 is 0 Å². The maximum atomic E-state index is 13.1. The molecule has 1 amide bonds. The molecular weight excluding hydrogens is 430 g/mol. The number of ether oxygens (including phenoxy) is 2. The quantitative estimate of drug-likeness (QED) is 0.459. The maximum Gasteiger partial charge on any atom is 0.267 e. The fourth-order valence-corrected chi connectivity index (χ4v) is 4.48. The van der Waals surface area contributed by atoms with Gasteiger partial charge < -0.3 is 14.4 Å². The van der Waals surface area contributed by atoms with Crippen molar-refractivity contribution in [1.29, 1.82) is 0 Å². The van der Waals surface area contributed by atoms with Crippen molar-refractivity contribution in [3.63, 3.8) is 0 Å². The molecule has 0 fully saturated rings. The molecule has 34 heavy (non-hydrogen) atoms. The van der Waals surface area contributed by atoms with Gasteiger partial charge in [0.15, 0.2) is 11.5 Å². The van der Waals surface area contributed by atoms with Crippen LogP contribution in [0.1, 0.15) is 11.1 Å². The van der Waals surface area contributed by atoms with Crippen LogP contribution in [0, 0.1) is 0 Å². The highest BCUT2D eigenvalue weighted by molar-refractivity contribution is 5.95. The van der Waals surface area contributed by atoms with Crippen LogP contribution in [0.25, 0.3) is 22.0 Å². The van der Waals surface area contributed by atoms with Crippen LogP contribution in [0.2, 0.25) is 0 Å². The second kappa shape index (κ2) is 9.02. The normalized spacial score (nSPS) is 12.9. The first kappa shape index (κ1) is 21.7. The molecule has 7 heteroatoms. The van der Waals surface area contributed by atoms with Crippen molar-refractivity contribution in [3.05, 3.63) is 88.2 Å². The molecule has 0 radical (unpaired) electrons. The fraction of sp³-hybridized carbons (Fsp3) is 0.222. The highest BCUT2D eigenvalue weighted by Crippen LogP contribution is 2.33. The number of nitrogens with zero attached hydrogens (tertiary/aromatic N) is 3. The molecule has 7 nitrogen and oxygen atoms in total. The molecule has 1 aliphatic rings. The van der Waals surface area contributed by atoms with E-state index in [-0.39, 0.29) is 18.0 Å². The third-order valence-electron chi connectivity index (χ3n) is 6.29. The van der Waals surface area contributed by atoms with Crippen LogP contribution in [0.5, 0.6) is 11.5 Å². The number of hydrogen-bond acceptors (Lipinski definition) is 5. The van der Waals surface area contributed by atoms with E-state index in [0.717, 1.165) is 27.5 Å². The standard InChI is InChI=1S/C27H25N3O4/c1-33-24-14-19-12-13-29(16-20(19)15-25(24)34-2)27(32)17-30-26(31)11-10-23(28-30)22-9-5-7-18-6-3-4-8-21(18)22/h3-11,14-15H,12-13,16-17H2,1-2H3. The van der Waals surface area contributed by atoms with Gasteiger partial charge in [0, 0.05) is 24.7 Å². The molecule has 0 unspecified atom stereocenters. The average molecular weight is 456 g/mol. The first-order valence-corrected chi connectivity index (χ1v) is 11.1. The molecule has 5 rings (SSSR count). The second-order valence-corrected chi connectivity index (χ2v) is 8.28. The van der Waals surface area contributed by atoms with Crippen molar-refractivity contribution in [2.45, 2.75) is 19.5 Å². The van der Waals surface area contributed by atoms with Crippen LogP contribution in [-0.2, 0) is 24.3 Å². The molecule has 0 atom stereocenters. The lowest BCUT2D eigenvalue weighted by atomic mass is 9.98. The summed E-state index contributed by atoms with van der Waals surface area (Å²) in [6, 6.07) is 21.1. The Hall–Kier alpha value is -4.13. The topological polar surface area (TPSA) is 73.7 Å². The third kappa shape index (κ3) is 4.01. The van der Waals surface area contributed by atoms with E-state index in [2.05, 4.69) is 5.10 Å². The van der Waals surface area contributed by atoms with Crippen LogP contribution in [-0.4, -0.2) is 41.4 Å². The number of carbonyl (C=O) groups excluding carboxylic acids is 1. The Kier molecular flexibility index (Phi) is 5.76. The van der Waals surface area contributed by atoms with Crippen LogP contribution in [0.3, 0.4) is 0 Å². The summed E-state index contributed by atoms with van der Waals surface area (Å²) in [7, 11) is 3.21. The smallest absolute Gasteiger partial charge is 0.267 e. The molecule has 4 aromatic rings. The van der Waals surface area contributed by atoms with Crippen LogP contribution in [0.4, 0.5) is 0 Å². The molecule has 1 aliphatic heterocycles. The summed E-state index contributed by atoms with van der Waals surface area (Å²) < 4.78 is 12.1. The van der Waals surface area contributed by atoms with E-state index >= 15 is 0 Å². The lowest BCUT2D eigenvalue weighted by Gasteiger charge is -2.29. The Labute approximate surface area is 197 Å². The monoisotopic (exact) mass is 455 g/mol. The SMILES string of the molecule is COc1cc2c(cc1OC)CN(C(=O)Cn1nc(-c3cccc4ccccc34)ccc1=O)CC2. The number of benzene rings is 3. The Morgan fingerprint density at radius 2 is 1.68 bits per heavy atom. The lowest BCUT2D eigenvalue weighted by molar-refractivity contribution is -0.133. The van der Waals surface area contributed by atoms with E-state index in [1.54, 1.807) is 25.2 Å². The highest BCUT2D eigenvalue weighted by Gasteiger charge is 2.23. The van der Waals surface area contributed by atoms with Crippen molar-refractivity contribution in [2.75, 3.05) is 20.8 Å². The van der Waals surface area contributed by atoms with Crippen molar-refractivity contribution < 1.29 is 14.3 Å². The summed E-state index contributed by atoms with van der Waals surface area (Å²) in [5.74, 6) is 1.17. The molecule has 1 aromatic heterocycles. The molecule has 3 aromatic carbocycles. The number of carbonyl (C=O) groups is 1. The van der Waals surface area contributed by atoms with E-state index in [4.69, 9.17) is 9.47 Å². The molecule has 172 valence electrons. The van der Waals surface area contributed by atoms with Gasteiger partial charge in [-0.2, -0.15) is 5.10 Å². The van der Waals surface area contributed by atoms with Crippen molar-refractivity contribution in [3.8, 4) is 22.8 Å². The van der Waals surface area contributed by atoms with Crippen molar-refractivity contribution >= 4 is 16.7 Å². The van der Waals surface area contributed by atoms with Gasteiger partial charge in [-0.25, -0.2) is 4.68 Å². The largest absolute Gasteiger partial charge is 0.493 e. The van der Waals surface area contributed by atoms with E-state index in [0.29, 0.717) is 36.7 Å². The van der Waals surface area contributed by atoms with Crippen LogP contribution >= 0.6 is 0 Å². The minimum atomic E-state index is -0.304. The van der Waals surface area contributed by atoms with E-state index in [1.165, 1.54) is 10.7 Å². The zero-order chi connectivity index (χ0) is 23.7. The van der Waals surface area contributed by atoms with Crippen molar-refractivity contribution in [1.82, 2.24) is 14.7 Å². The molecule has 0 saturated carbocycles. The van der Waals surface area contributed by atoms with Gasteiger partial charge in [0.2, 0.25) is 5.91 Å². The predicted molar refractivity (Wildman–Crippen MR) is 130 cm³/mol. The Balaban J connectivity index is 1.40. The minimum absolute atomic E-state index is 0.111. The molecule has 0 aliphatic carbocycles. The maximum absolute atomic E-state index is 13.1. The van der Waals surface area contributed by atoms with Crippen molar-refractivity contribution in [2.24, 2.45) is 0 Å². The summed E-state index contributed by atoms with van der Waals surface area (Å²) in [6.45, 7) is 0.908. The molecule has 2 heterocycles. The van der Waals surface area contributed by atoms with E-state index in [9.17, 15) is 9.59 Å². The lowest BCUT2D eigenvalue weighted by Crippen LogP contribution is -2.40. The van der Waals surface area contributed by atoms with Gasteiger partial charge in [0.25, 0.3) is 5.56 Å². The average Bonchev–Trinajstić information content (AvgIpc) is 2.88. The van der Waals surface area contributed by atoms with Gasteiger partial charge >= 0.3 is 0 Å². The van der Waals surface area contributed by atoms with Gasteiger partial charge in [-0.1, -0.05) is 42.5 Å². The Bertz CT molecular complexity index is 1440. The first-order valence-electron chi connectivity index (χ1n) is 11.1. The summed E-state index contributed by atoms with van der Waals surface area (Å²) in [4.78, 5) is 27.4. The molecule has 0 saturated heterocycles. The molecular formula is C27H25N3O4. The number of amides is 1. The third-order valence-corrected chi connectivity index (χ3v) is 6.29. The van der Waals surface area contributed by atoms with E-state index in [1.807, 2.05) is 54.6 Å². The molecule has 0 N–H and O–H groups in total. The zero-order valence-corrected chi connectivity index (χ0v) is 19.2. The van der Waals surface area contributed by atoms with Gasteiger partial charge in [0.05, 0.1) is 19.9 Å². The number of rotatable bonds is 5. The minimum Gasteiger partial charge on any atom is -0.493 e. The summed E-state index contributed by atoms with van der Waals surface area (Å²) in [6.07, 6.45) is 0.708. The van der Waals surface area contributed by atoms with Crippen LogP contribution < -0.4 is 15.0 Å². The molecule has 0 spiro atoms. The van der Waals surface area contributed by atoms with Gasteiger partial charge in [-0.05, 0) is 46.5 Å². The van der Waals surface area contributed by atoms with Gasteiger partial charge in [0.1, 0.15) is 6.54 Å². The zero-order valence-electron chi connectivity index (χ0n) is 19.2. The number of fused-ring (bicyclic) bond motifs is 2. The Morgan fingerprint density at radius 3 is 2.47 bits per heavy atom. The Morgan fingerprint density at radius 1 is 0.941 bits per heavy atom. The number of aromatic nitrogens is 2. The summed E-state index contributed by atoms with van der Waals surface area (Å²) in [5.41, 5.74) is 3.43. The predicted octanol–water partition coefficient (Wildman–Crippen LogP) is 3.67. The van der Waals surface area contributed by atoms with Crippen LogP contribution in [0.15, 0.2) is 71.5 Å². The summed E-state index contributed by atoms with van der Waals surface area (Å²) in [5, 5.41) is 6.68. The number of methoxy groups -OCH3 is 2.